The lowest BCUT2D eigenvalue weighted by Crippen LogP contribution is -1.99. The summed E-state index contributed by atoms with van der Waals surface area (Å²) in [7, 11) is 0. The fraction of sp³-hybridized carbons (Fsp3) is 0. The van der Waals surface area contributed by atoms with E-state index in [1.807, 2.05) is 0 Å². The summed E-state index contributed by atoms with van der Waals surface area (Å²) in [5.74, 6) is -0.723. The lowest BCUT2D eigenvalue weighted by molar-refractivity contribution is 0.0737. The second kappa shape index (κ2) is 4.48. The Morgan fingerprint density at radius 1 is 1.11 bits per heavy atom. The van der Waals surface area contributed by atoms with E-state index in [0.717, 1.165) is 6.07 Å². The minimum Gasteiger partial charge on any atom is -0.403 e. The fourth-order valence-electron chi connectivity index (χ4n) is 1.81. The number of ether oxygens (including phenoxy) is 1. The Morgan fingerprint density at radius 3 is 2.58 bits per heavy atom. The van der Waals surface area contributed by atoms with Gasteiger partial charge in [-0.1, -0.05) is 23.7 Å². The monoisotopic (exact) mass is 275 g/mol. The predicted molar refractivity (Wildman–Crippen MR) is 69.5 cm³/mol. The van der Waals surface area contributed by atoms with Crippen molar-refractivity contribution in [3.8, 4) is 0 Å². The standard InChI is InChI=1S/C14H7ClFNO2/c15-11-7-8(16)5-6-12(11)17-13-9-3-1-2-4-10(9)14(18)19-13/h1-7H. The number of benzene rings is 2. The molecule has 0 aromatic heterocycles. The van der Waals surface area contributed by atoms with Gasteiger partial charge >= 0.3 is 5.97 Å². The minimum atomic E-state index is -0.451. The van der Waals surface area contributed by atoms with E-state index in [-0.39, 0.29) is 10.9 Å². The number of cyclic esters (lactones) is 1. The van der Waals surface area contributed by atoms with Gasteiger partial charge in [0, 0.05) is 0 Å². The maximum atomic E-state index is 12.9. The Bertz CT molecular complexity index is 712. The average molecular weight is 276 g/mol. The van der Waals surface area contributed by atoms with Crippen molar-refractivity contribution in [2.24, 2.45) is 4.99 Å². The number of fused-ring (bicyclic) bond motifs is 1. The molecule has 0 aliphatic carbocycles. The zero-order chi connectivity index (χ0) is 13.4. The van der Waals surface area contributed by atoms with E-state index in [2.05, 4.69) is 4.99 Å². The van der Waals surface area contributed by atoms with Crippen LogP contribution in [0.3, 0.4) is 0 Å². The van der Waals surface area contributed by atoms with Gasteiger partial charge < -0.3 is 4.74 Å². The van der Waals surface area contributed by atoms with Gasteiger partial charge in [0.2, 0.25) is 5.90 Å². The van der Waals surface area contributed by atoms with Crippen LogP contribution in [0.5, 0.6) is 0 Å². The van der Waals surface area contributed by atoms with Gasteiger partial charge in [0.15, 0.2) is 0 Å². The Hall–Kier alpha value is -2.20. The number of nitrogens with zero attached hydrogens (tertiary/aromatic N) is 1. The first kappa shape index (κ1) is 11.9. The molecule has 0 saturated carbocycles. The predicted octanol–water partition coefficient (Wildman–Crippen LogP) is 3.73. The molecule has 2 aromatic carbocycles. The molecule has 1 heterocycles. The summed E-state index contributed by atoms with van der Waals surface area (Å²) in [6, 6.07) is 10.7. The molecule has 0 spiro atoms. The maximum Gasteiger partial charge on any atom is 0.345 e. The van der Waals surface area contributed by atoms with Crippen LogP contribution in [0.4, 0.5) is 10.1 Å². The summed E-state index contributed by atoms with van der Waals surface area (Å²) in [6.45, 7) is 0. The van der Waals surface area contributed by atoms with E-state index in [4.69, 9.17) is 16.3 Å². The lowest BCUT2D eigenvalue weighted by Gasteiger charge is -2.00. The molecule has 1 aliphatic heterocycles. The van der Waals surface area contributed by atoms with Crippen molar-refractivity contribution in [3.05, 3.63) is 64.4 Å². The Kier molecular flexibility index (Phi) is 2.80. The fourth-order valence-corrected chi connectivity index (χ4v) is 2.02. The number of halogens is 2. The largest absolute Gasteiger partial charge is 0.403 e. The quantitative estimate of drug-likeness (QED) is 0.744. The summed E-state index contributed by atoms with van der Waals surface area (Å²) in [6.07, 6.45) is 0. The SMILES string of the molecule is O=C1OC(=Nc2ccc(F)cc2Cl)c2ccccc21. The first-order valence-corrected chi connectivity index (χ1v) is 5.88. The first-order valence-electron chi connectivity index (χ1n) is 5.50. The van der Waals surface area contributed by atoms with E-state index in [1.165, 1.54) is 12.1 Å². The van der Waals surface area contributed by atoms with Crippen molar-refractivity contribution in [1.29, 1.82) is 0 Å². The summed E-state index contributed by atoms with van der Waals surface area (Å²) < 4.78 is 18.0. The third-order valence-electron chi connectivity index (χ3n) is 2.70. The van der Waals surface area contributed by atoms with Crippen molar-refractivity contribution in [3.63, 3.8) is 0 Å². The highest BCUT2D eigenvalue weighted by Gasteiger charge is 2.27. The molecule has 1 aliphatic rings. The summed E-state index contributed by atoms with van der Waals surface area (Å²) in [5.41, 5.74) is 1.41. The van der Waals surface area contributed by atoms with Crippen molar-refractivity contribution in [2.45, 2.75) is 0 Å². The van der Waals surface area contributed by atoms with Crippen LogP contribution in [0.25, 0.3) is 0 Å². The van der Waals surface area contributed by atoms with Gasteiger partial charge in [-0.25, -0.2) is 14.2 Å². The van der Waals surface area contributed by atoms with Gasteiger partial charge in [-0.2, -0.15) is 0 Å². The van der Waals surface area contributed by atoms with E-state index < -0.39 is 11.8 Å². The molecule has 94 valence electrons. The molecular formula is C14H7ClFNO2. The summed E-state index contributed by atoms with van der Waals surface area (Å²) >= 11 is 5.88. The van der Waals surface area contributed by atoms with Crippen molar-refractivity contribution >= 4 is 29.2 Å². The minimum absolute atomic E-state index is 0.160. The molecule has 0 amide bonds. The van der Waals surface area contributed by atoms with Crippen LogP contribution in [0, 0.1) is 5.82 Å². The van der Waals surface area contributed by atoms with E-state index in [0.29, 0.717) is 16.8 Å². The number of rotatable bonds is 1. The van der Waals surface area contributed by atoms with Gasteiger partial charge in [0.1, 0.15) is 5.82 Å². The molecular weight excluding hydrogens is 269 g/mol. The topological polar surface area (TPSA) is 38.7 Å². The molecule has 19 heavy (non-hydrogen) atoms. The molecule has 0 atom stereocenters. The zero-order valence-electron chi connectivity index (χ0n) is 9.56. The number of esters is 1. The molecule has 0 radical (unpaired) electrons. The number of carbonyl (C=O) groups is 1. The molecule has 3 nitrogen and oxygen atoms in total. The molecule has 0 bridgehead atoms. The summed E-state index contributed by atoms with van der Waals surface area (Å²) in [5, 5.41) is 0.160. The number of hydrogen-bond donors (Lipinski definition) is 0. The molecule has 0 unspecified atom stereocenters. The third-order valence-corrected chi connectivity index (χ3v) is 3.00. The van der Waals surface area contributed by atoms with Crippen LogP contribution < -0.4 is 0 Å². The lowest BCUT2D eigenvalue weighted by atomic mass is 10.1. The smallest absolute Gasteiger partial charge is 0.345 e. The van der Waals surface area contributed by atoms with E-state index >= 15 is 0 Å². The third kappa shape index (κ3) is 2.11. The van der Waals surface area contributed by atoms with Crippen molar-refractivity contribution in [2.75, 3.05) is 0 Å². The number of carbonyl (C=O) groups excluding carboxylic acids is 1. The number of aliphatic imine (C=N–C) groups is 1. The highest BCUT2D eigenvalue weighted by molar-refractivity contribution is 6.33. The van der Waals surface area contributed by atoms with Crippen LogP contribution in [-0.2, 0) is 4.74 Å². The molecule has 5 heteroatoms. The van der Waals surface area contributed by atoms with Gasteiger partial charge in [-0.3, -0.25) is 0 Å². The molecule has 3 rings (SSSR count). The van der Waals surface area contributed by atoms with Gasteiger partial charge in [0.25, 0.3) is 0 Å². The van der Waals surface area contributed by atoms with Gasteiger partial charge in [-0.15, -0.1) is 0 Å². The second-order valence-electron chi connectivity index (χ2n) is 3.95. The van der Waals surface area contributed by atoms with Crippen LogP contribution in [0.2, 0.25) is 5.02 Å². The molecule has 2 aromatic rings. The van der Waals surface area contributed by atoms with Crippen LogP contribution in [0.1, 0.15) is 15.9 Å². The Labute approximate surface area is 113 Å². The molecule has 0 saturated heterocycles. The normalized spacial score (nSPS) is 15.5. The maximum absolute atomic E-state index is 12.9. The van der Waals surface area contributed by atoms with E-state index in [9.17, 15) is 9.18 Å². The zero-order valence-corrected chi connectivity index (χ0v) is 10.3. The van der Waals surface area contributed by atoms with Crippen molar-refractivity contribution in [1.82, 2.24) is 0 Å². The Morgan fingerprint density at radius 2 is 1.84 bits per heavy atom. The average Bonchev–Trinajstić information content (AvgIpc) is 2.71. The van der Waals surface area contributed by atoms with Crippen LogP contribution in [-0.4, -0.2) is 11.9 Å². The highest BCUT2D eigenvalue weighted by atomic mass is 35.5. The van der Waals surface area contributed by atoms with Gasteiger partial charge in [-0.05, 0) is 30.3 Å². The first-order chi connectivity index (χ1) is 9.15. The Balaban J connectivity index is 2.09. The number of hydrogen-bond acceptors (Lipinski definition) is 3. The second-order valence-corrected chi connectivity index (χ2v) is 4.35. The molecule has 0 fully saturated rings. The summed E-state index contributed by atoms with van der Waals surface area (Å²) in [4.78, 5) is 15.8. The highest BCUT2D eigenvalue weighted by Crippen LogP contribution is 2.28. The van der Waals surface area contributed by atoms with Crippen LogP contribution in [0.15, 0.2) is 47.5 Å². The van der Waals surface area contributed by atoms with E-state index in [1.54, 1.807) is 24.3 Å². The molecule has 0 N–H and O–H groups in total. The van der Waals surface area contributed by atoms with Crippen LogP contribution >= 0.6 is 11.6 Å². The van der Waals surface area contributed by atoms with Gasteiger partial charge in [0.05, 0.1) is 21.8 Å². The van der Waals surface area contributed by atoms with Crippen molar-refractivity contribution < 1.29 is 13.9 Å².